The van der Waals surface area contributed by atoms with E-state index >= 15 is 0 Å². The van der Waals surface area contributed by atoms with Crippen molar-refractivity contribution in [3.8, 4) is 11.1 Å². The number of amides is 6. The molecule has 5 aliphatic rings. The van der Waals surface area contributed by atoms with Crippen LogP contribution in [0.25, 0.3) is 11.1 Å². The number of carbonyl (C=O) groups is 6. The first-order chi connectivity index (χ1) is 19.3. The van der Waals surface area contributed by atoms with Crippen LogP contribution in [0.4, 0.5) is 11.4 Å². The number of benzene rings is 4. The van der Waals surface area contributed by atoms with Crippen LogP contribution in [-0.4, -0.2) is 35.4 Å². The number of carbonyl (C=O) groups excluding carboxylic acids is 6. The van der Waals surface area contributed by atoms with Crippen molar-refractivity contribution in [2.75, 3.05) is 10.6 Å². The van der Waals surface area contributed by atoms with Gasteiger partial charge in [0.05, 0.1) is 22.3 Å². The molecule has 0 spiro atoms. The van der Waals surface area contributed by atoms with Crippen molar-refractivity contribution in [2.45, 2.75) is 0 Å². The van der Waals surface area contributed by atoms with E-state index in [1.54, 1.807) is 18.2 Å². The van der Waals surface area contributed by atoms with Crippen molar-refractivity contribution in [3.05, 3.63) is 118 Å². The third kappa shape index (κ3) is 4.39. The highest BCUT2D eigenvalue weighted by Crippen LogP contribution is 2.28. The molecule has 10 nitrogen and oxygen atoms in total. The van der Waals surface area contributed by atoms with Crippen molar-refractivity contribution in [2.24, 2.45) is 0 Å². The fraction of sp³-hybridized carbons (Fsp3) is 0. The summed E-state index contributed by atoms with van der Waals surface area (Å²) in [6.07, 6.45) is 0. The molecule has 194 valence electrons. The van der Waals surface area contributed by atoms with Crippen LogP contribution >= 0.6 is 0 Å². The lowest BCUT2D eigenvalue weighted by atomic mass is 9.95. The smallest absolute Gasteiger partial charge is 0.258 e. The number of anilines is 2. The maximum Gasteiger partial charge on any atom is 0.258 e. The lowest BCUT2D eigenvalue weighted by molar-refractivity contribution is 0.0842. The average Bonchev–Trinajstić information content (AvgIpc) is 3.25. The molecule has 4 aromatic rings. The van der Waals surface area contributed by atoms with Gasteiger partial charge < -0.3 is 10.6 Å². The van der Waals surface area contributed by atoms with Gasteiger partial charge in [0.1, 0.15) is 0 Å². The summed E-state index contributed by atoms with van der Waals surface area (Å²) >= 11 is 0. The molecule has 0 atom stereocenters. The summed E-state index contributed by atoms with van der Waals surface area (Å²) in [7, 11) is 0. The summed E-state index contributed by atoms with van der Waals surface area (Å²) in [5.74, 6) is -3.35. The number of rotatable bonds is 1. The van der Waals surface area contributed by atoms with Gasteiger partial charge in [-0.25, -0.2) is 0 Å². The zero-order valence-corrected chi connectivity index (χ0v) is 20.5. The maximum absolute atomic E-state index is 13.5. The van der Waals surface area contributed by atoms with Crippen LogP contribution in [0.2, 0.25) is 0 Å². The Hall–Kier alpha value is -5.90. The van der Waals surface area contributed by atoms with E-state index in [1.165, 1.54) is 66.7 Å². The zero-order valence-electron chi connectivity index (χ0n) is 20.5. The monoisotopic (exact) mass is 530 g/mol. The Morgan fingerprint density at radius 1 is 0.300 bits per heavy atom. The van der Waals surface area contributed by atoms with E-state index < -0.39 is 35.4 Å². The first-order valence-electron chi connectivity index (χ1n) is 12.1. The van der Waals surface area contributed by atoms with Gasteiger partial charge in [-0.1, -0.05) is 12.1 Å². The van der Waals surface area contributed by atoms with E-state index in [9.17, 15) is 28.8 Å². The van der Waals surface area contributed by atoms with Crippen molar-refractivity contribution in [3.63, 3.8) is 0 Å². The lowest BCUT2D eigenvalue weighted by Gasteiger charge is -2.13. The van der Waals surface area contributed by atoms with Crippen molar-refractivity contribution in [1.82, 2.24) is 10.6 Å². The molecule has 10 heteroatoms. The van der Waals surface area contributed by atoms with Crippen LogP contribution in [0, 0.1) is 0 Å². The molecule has 0 unspecified atom stereocenters. The molecule has 0 saturated carbocycles. The molecule has 6 amide bonds. The summed E-state index contributed by atoms with van der Waals surface area (Å²) in [5.41, 5.74) is 2.88. The summed E-state index contributed by atoms with van der Waals surface area (Å²) < 4.78 is 0. The van der Waals surface area contributed by atoms with Crippen LogP contribution in [0.1, 0.15) is 62.1 Å². The van der Waals surface area contributed by atoms with E-state index in [0.717, 1.165) is 0 Å². The largest absolute Gasteiger partial charge is 0.322 e. The Bertz CT molecular complexity index is 1790. The Balaban J connectivity index is 1.44. The number of imide groups is 2. The molecule has 0 aromatic heterocycles. The molecule has 5 aliphatic heterocycles. The predicted molar refractivity (Wildman–Crippen MR) is 144 cm³/mol. The number of hydrogen-bond donors (Lipinski definition) is 4. The highest BCUT2D eigenvalue weighted by atomic mass is 16.2. The first kappa shape index (κ1) is 24.4. The minimum absolute atomic E-state index is 0.0500. The SMILES string of the molecule is O=C1NC(=O)c2ccc(cc2)NC(=O)c2cc(-c3ccc4c(c3)C(=O)NC4=O)ccc2C(=O)Nc2ccc1cc2. The van der Waals surface area contributed by atoms with Crippen LogP contribution in [0.5, 0.6) is 0 Å². The normalized spacial score (nSPS) is 14.6. The Morgan fingerprint density at radius 3 is 1.07 bits per heavy atom. The van der Waals surface area contributed by atoms with E-state index in [0.29, 0.717) is 22.5 Å². The fourth-order valence-corrected chi connectivity index (χ4v) is 4.51. The third-order valence-corrected chi connectivity index (χ3v) is 6.62. The van der Waals surface area contributed by atoms with E-state index in [4.69, 9.17) is 0 Å². The molecular weight excluding hydrogens is 512 g/mol. The van der Waals surface area contributed by atoms with E-state index in [-0.39, 0.29) is 33.4 Å². The van der Waals surface area contributed by atoms with Crippen molar-refractivity contribution < 1.29 is 28.8 Å². The molecule has 5 heterocycles. The molecule has 4 bridgehead atoms. The summed E-state index contributed by atoms with van der Waals surface area (Å²) in [5, 5.41) is 10.0. The Morgan fingerprint density at radius 2 is 0.625 bits per heavy atom. The molecule has 4 N–H and O–H groups in total. The maximum atomic E-state index is 13.5. The van der Waals surface area contributed by atoms with Gasteiger partial charge in [0.25, 0.3) is 35.4 Å². The third-order valence-electron chi connectivity index (χ3n) is 6.62. The minimum atomic E-state index is -0.607. The summed E-state index contributed by atoms with van der Waals surface area (Å²) in [6, 6.07) is 21.3. The van der Waals surface area contributed by atoms with Crippen molar-refractivity contribution >= 4 is 46.8 Å². The average molecular weight is 530 g/mol. The Kier molecular flexibility index (Phi) is 5.77. The van der Waals surface area contributed by atoms with Gasteiger partial charge >= 0.3 is 0 Å². The van der Waals surface area contributed by atoms with E-state index in [2.05, 4.69) is 21.3 Å². The highest BCUT2D eigenvalue weighted by molar-refractivity contribution is 6.22. The summed E-state index contributed by atoms with van der Waals surface area (Å²) in [4.78, 5) is 75.9. The number of hydrogen-bond acceptors (Lipinski definition) is 6. The zero-order chi connectivity index (χ0) is 28.0. The van der Waals surface area contributed by atoms with Gasteiger partial charge in [0.15, 0.2) is 0 Å². The minimum Gasteiger partial charge on any atom is -0.322 e. The standard InChI is InChI=1S/C30H18N4O6/c35-25-15-1-7-19(8-2-15)31-27(37)21-11-5-17(18-6-12-22-24(14-18)30(40)34-28(22)38)13-23(21)29(39)32-20-9-3-16(4-10-20)26(36)33-25/h1-14H,(H,31,37)(H,32,39)(H,33,35,36)(H,34,38,40). The molecule has 0 saturated heterocycles. The van der Waals surface area contributed by atoms with Crippen LogP contribution in [0.15, 0.2) is 84.9 Å². The van der Waals surface area contributed by atoms with Gasteiger partial charge in [0, 0.05) is 22.5 Å². The molecule has 9 rings (SSSR count). The van der Waals surface area contributed by atoms with Gasteiger partial charge in [0.2, 0.25) is 0 Å². The lowest BCUT2D eigenvalue weighted by Crippen LogP contribution is -2.30. The predicted octanol–water partition coefficient (Wildman–Crippen LogP) is 3.63. The summed E-state index contributed by atoms with van der Waals surface area (Å²) in [6.45, 7) is 0. The Labute approximate surface area is 226 Å². The number of nitrogens with one attached hydrogen (secondary N) is 4. The molecule has 40 heavy (non-hydrogen) atoms. The van der Waals surface area contributed by atoms with Gasteiger partial charge in [-0.05, 0) is 83.9 Å². The first-order valence-corrected chi connectivity index (χ1v) is 12.1. The van der Waals surface area contributed by atoms with Crippen LogP contribution in [0.3, 0.4) is 0 Å². The quantitative estimate of drug-likeness (QED) is 0.276. The second-order valence-electron chi connectivity index (χ2n) is 9.15. The molecular formula is C30H18N4O6. The van der Waals surface area contributed by atoms with Gasteiger partial charge in [-0.3, -0.25) is 39.4 Å². The van der Waals surface area contributed by atoms with Crippen LogP contribution < -0.4 is 21.3 Å². The molecule has 4 aromatic carbocycles. The van der Waals surface area contributed by atoms with Gasteiger partial charge in [-0.2, -0.15) is 0 Å². The van der Waals surface area contributed by atoms with E-state index in [1.807, 2.05) is 0 Å². The van der Waals surface area contributed by atoms with Crippen molar-refractivity contribution in [1.29, 1.82) is 0 Å². The molecule has 0 radical (unpaired) electrons. The second kappa shape index (κ2) is 9.44. The second-order valence-corrected chi connectivity index (χ2v) is 9.15. The highest BCUT2D eigenvalue weighted by Gasteiger charge is 2.27. The topological polar surface area (TPSA) is 151 Å². The van der Waals surface area contributed by atoms with Crippen LogP contribution in [-0.2, 0) is 0 Å². The number of fused-ring (bicyclic) bond motifs is 1. The molecule has 0 fully saturated rings. The fourth-order valence-electron chi connectivity index (χ4n) is 4.51. The molecule has 0 aliphatic carbocycles. The van der Waals surface area contributed by atoms with Gasteiger partial charge in [-0.15, -0.1) is 0 Å².